The van der Waals surface area contributed by atoms with Gasteiger partial charge < -0.3 is 19.3 Å². The molecular weight excluding hydrogens is 198 g/mol. The molecule has 2 N–H and O–H groups in total. The number of nitrogens with one attached hydrogen (secondary N) is 1. The maximum atomic E-state index is 9.26. The standard InChI is InChI=1S/2C4H4O.C2H5NO2/c2*1-2-4-5-3-1;1-3-2(4)5/h2*1-4H;3H,1H3,(H,4,5). The quantitative estimate of drug-likeness (QED) is 0.701. The number of hydrogen-bond acceptors (Lipinski definition) is 3. The predicted octanol–water partition coefficient (Wildman–Crippen LogP) is 2.44. The molecule has 0 saturated heterocycles. The molecule has 2 rings (SSSR count). The maximum absolute atomic E-state index is 9.26. The second-order valence-corrected chi connectivity index (χ2v) is 2.14. The highest BCUT2D eigenvalue weighted by molar-refractivity contribution is 5.63. The van der Waals surface area contributed by atoms with Gasteiger partial charge in [0.25, 0.3) is 0 Å². The summed E-state index contributed by atoms with van der Waals surface area (Å²) in [5, 5.41) is 9.56. The summed E-state index contributed by atoms with van der Waals surface area (Å²) in [5.41, 5.74) is 0. The van der Waals surface area contributed by atoms with Crippen LogP contribution >= 0.6 is 0 Å². The van der Waals surface area contributed by atoms with Gasteiger partial charge in [0.1, 0.15) is 0 Å². The van der Waals surface area contributed by atoms with Crippen molar-refractivity contribution in [3.05, 3.63) is 49.3 Å². The molecule has 0 spiro atoms. The van der Waals surface area contributed by atoms with Crippen LogP contribution in [0.25, 0.3) is 0 Å². The van der Waals surface area contributed by atoms with Crippen LogP contribution in [0.1, 0.15) is 0 Å². The molecule has 5 heteroatoms. The smallest absolute Gasteiger partial charge is 0.404 e. The minimum absolute atomic E-state index is 0.995. The first-order valence-corrected chi connectivity index (χ1v) is 4.12. The van der Waals surface area contributed by atoms with E-state index in [1.165, 1.54) is 7.05 Å². The third-order valence-corrected chi connectivity index (χ3v) is 1.06. The van der Waals surface area contributed by atoms with Gasteiger partial charge in [0.2, 0.25) is 0 Å². The second-order valence-electron chi connectivity index (χ2n) is 2.14. The van der Waals surface area contributed by atoms with E-state index >= 15 is 0 Å². The fraction of sp³-hybridized carbons (Fsp3) is 0.100. The lowest BCUT2D eigenvalue weighted by molar-refractivity contribution is 0.197. The molecule has 0 unspecified atom stereocenters. The van der Waals surface area contributed by atoms with Crippen molar-refractivity contribution in [3.8, 4) is 0 Å². The summed E-state index contributed by atoms with van der Waals surface area (Å²) in [6, 6.07) is 7.33. The van der Waals surface area contributed by atoms with Gasteiger partial charge in [0, 0.05) is 7.05 Å². The molecule has 1 amide bonds. The van der Waals surface area contributed by atoms with Crippen molar-refractivity contribution in [1.82, 2.24) is 5.32 Å². The summed E-state index contributed by atoms with van der Waals surface area (Å²) in [6.07, 6.45) is 5.50. The number of carbonyl (C=O) groups is 1. The average Bonchev–Trinajstić information content (AvgIpc) is 2.96. The minimum atomic E-state index is -0.995. The fourth-order valence-corrected chi connectivity index (χ4v) is 0.454. The molecule has 2 aromatic rings. The second kappa shape index (κ2) is 9.91. The number of amides is 1. The third kappa shape index (κ3) is 11.8. The summed E-state index contributed by atoms with van der Waals surface area (Å²) in [5.74, 6) is 0. The van der Waals surface area contributed by atoms with E-state index in [1.807, 2.05) is 29.6 Å². The fourth-order valence-electron chi connectivity index (χ4n) is 0.454. The summed E-state index contributed by atoms with van der Waals surface area (Å²) < 4.78 is 9.17. The van der Waals surface area contributed by atoms with E-state index in [0.717, 1.165) is 0 Å². The predicted molar refractivity (Wildman–Crippen MR) is 54.5 cm³/mol. The summed E-state index contributed by atoms with van der Waals surface area (Å²) >= 11 is 0. The minimum Gasteiger partial charge on any atom is -0.473 e. The molecule has 0 radical (unpaired) electrons. The zero-order valence-corrected chi connectivity index (χ0v) is 8.29. The lowest BCUT2D eigenvalue weighted by Crippen LogP contribution is -2.13. The van der Waals surface area contributed by atoms with E-state index in [1.54, 1.807) is 25.1 Å². The number of rotatable bonds is 0. The molecule has 0 aliphatic heterocycles. The Hall–Kier alpha value is -2.17. The molecule has 0 bridgehead atoms. The molecule has 0 atom stereocenters. The van der Waals surface area contributed by atoms with Crippen LogP contribution in [0.4, 0.5) is 4.79 Å². The van der Waals surface area contributed by atoms with Crippen molar-refractivity contribution >= 4 is 6.09 Å². The lowest BCUT2D eigenvalue weighted by Gasteiger charge is -1.78. The number of furan rings is 2. The molecule has 0 fully saturated rings. The number of carboxylic acid groups (broad SMARTS) is 1. The van der Waals surface area contributed by atoms with Gasteiger partial charge in [-0.3, -0.25) is 0 Å². The zero-order valence-electron chi connectivity index (χ0n) is 8.29. The highest BCUT2D eigenvalue weighted by atomic mass is 16.4. The first kappa shape index (κ1) is 12.8. The molecule has 0 aliphatic rings. The molecule has 0 aromatic carbocycles. The Morgan fingerprint density at radius 1 is 1.00 bits per heavy atom. The monoisotopic (exact) mass is 211 g/mol. The van der Waals surface area contributed by atoms with Crippen LogP contribution in [-0.2, 0) is 0 Å². The van der Waals surface area contributed by atoms with E-state index in [-0.39, 0.29) is 0 Å². The zero-order chi connectivity index (χ0) is 11.4. The van der Waals surface area contributed by atoms with Gasteiger partial charge in [0.05, 0.1) is 25.1 Å². The first-order chi connectivity index (χ1) is 7.27. The Kier molecular flexibility index (Phi) is 8.48. The molecule has 2 heterocycles. The van der Waals surface area contributed by atoms with Gasteiger partial charge >= 0.3 is 6.09 Å². The van der Waals surface area contributed by atoms with Crippen LogP contribution in [-0.4, -0.2) is 18.2 Å². The summed E-state index contributed by atoms with van der Waals surface area (Å²) in [7, 11) is 1.35. The number of hydrogen-bond donors (Lipinski definition) is 2. The highest BCUT2D eigenvalue weighted by Gasteiger charge is 1.76. The van der Waals surface area contributed by atoms with E-state index in [4.69, 9.17) is 5.11 Å². The van der Waals surface area contributed by atoms with Gasteiger partial charge in [-0.05, 0) is 24.3 Å². The maximum Gasteiger partial charge on any atom is 0.404 e. The van der Waals surface area contributed by atoms with E-state index < -0.39 is 6.09 Å². The lowest BCUT2D eigenvalue weighted by atomic mass is 10.7. The Balaban J connectivity index is 0.000000196. The van der Waals surface area contributed by atoms with Crippen molar-refractivity contribution in [2.24, 2.45) is 0 Å². The van der Waals surface area contributed by atoms with Crippen molar-refractivity contribution in [2.45, 2.75) is 0 Å². The third-order valence-electron chi connectivity index (χ3n) is 1.06. The van der Waals surface area contributed by atoms with Crippen LogP contribution in [0.5, 0.6) is 0 Å². The molecule has 0 aliphatic carbocycles. The van der Waals surface area contributed by atoms with E-state index in [9.17, 15) is 4.79 Å². The Bertz CT molecular complexity index is 241. The molecular formula is C10H13NO4. The molecule has 0 saturated carbocycles. The van der Waals surface area contributed by atoms with Crippen molar-refractivity contribution in [2.75, 3.05) is 7.05 Å². The van der Waals surface area contributed by atoms with Crippen LogP contribution in [0.15, 0.2) is 58.2 Å². The largest absolute Gasteiger partial charge is 0.473 e. The van der Waals surface area contributed by atoms with Gasteiger partial charge in [-0.2, -0.15) is 0 Å². The van der Waals surface area contributed by atoms with E-state index in [0.29, 0.717) is 0 Å². The first-order valence-electron chi connectivity index (χ1n) is 4.12. The van der Waals surface area contributed by atoms with E-state index in [2.05, 4.69) is 8.83 Å². The van der Waals surface area contributed by atoms with Crippen LogP contribution < -0.4 is 5.32 Å². The van der Waals surface area contributed by atoms with Gasteiger partial charge in [-0.25, -0.2) is 4.79 Å². The average molecular weight is 211 g/mol. The Labute approximate surface area is 87.3 Å². The van der Waals surface area contributed by atoms with Gasteiger partial charge in [-0.1, -0.05) is 0 Å². The molecule has 2 aromatic heterocycles. The summed E-state index contributed by atoms with van der Waals surface area (Å²) in [4.78, 5) is 9.26. The van der Waals surface area contributed by atoms with Crippen LogP contribution in [0.2, 0.25) is 0 Å². The van der Waals surface area contributed by atoms with Crippen molar-refractivity contribution in [3.63, 3.8) is 0 Å². The van der Waals surface area contributed by atoms with Crippen molar-refractivity contribution in [1.29, 1.82) is 0 Å². The molecule has 82 valence electrons. The van der Waals surface area contributed by atoms with Crippen LogP contribution in [0, 0.1) is 0 Å². The molecule has 15 heavy (non-hydrogen) atoms. The van der Waals surface area contributed by atoms with Crippen LogP contribution in [0.3, 0.4) is 0 Å². The SMILES string of the molecule is CNC(=O)O.c1ccoc1.c1ccoc1. The Morgan fingerprint density at radius 2 is 1.27 bits per heavy atom. The highest BCUT2D eigenvalue weighted by Crippen LogP contribution is 1.80. The van der Waals surface area contributed by atoms with Gasteiger partial charge in [-0.15, -0.1) is 0 Å². The van der Waals surface area contributed by atoms with Crippen molar-refractivity contribution < 1.29 is 18.7 Å². The Morgan fingerprint density at radius 3 is 1.33 bits per heavy atom. The molecule has 5 nitrogen and oxygen atoms in total. The topological polar surface area (TPSA) is 75.6 Å². The normalized spacial score (nSPS) is 7.53. The van der Waals surface area contributed by atoms with Gasteiger partial charge in [0.15, 0.2) is 0 Å². The summed E-state index contributed by atoms with van der Waals surface area (Å²) in [6.45, 7) is 0.